The lowest BCUT2D eigenvalue weighted by molar-refractivity contribution is -0.115. The predicted molar refractivity (Wildman–Crippen MR) is 79.4 cm³/mol. The maximum atomic E-state index is 11.9. The molecule has 2 aromatic rings. The van der Waals surface area contributed by atoms with E-state index in [9.17, 15) is 9.59 Å². The van der Waals surface area contributed by atoms with Crippen LogP contribution in [0.15, 0.2) is 36.5 Å². The maximum absolute atomic E-state index is 11.9. The Balaban J connectivity index is 2.07. The largest absolute Gasteiger partial charge is 0.478 e. The fourth-order valence-corrected chi connectivity index (χ4v) is 1.88. The monoisotopic (exact) mass is 305 g/mol. The average molecular weight is 306 g/mol. The van der Waals surface area contributed by atoms with Gasteiger partial charge in [0.2, 0.25) is 5.91 Å². The zero-order valence-corrected chi connectivity index (χ0v) is 11.6. The van der Waals surface area contributed by atoms with Gasteiger partial charge in [0.05, 0.1) is 28.9 Å². The van der Waals surface area contributed by atoms with Crippen LogP contribution < -0.4 is 11.1 Å². The number of pyridine rings is 1. The second kappa shape index (κ2) is 6.23. The van der Waals surface area contributed by atoms with E-state index >= 15 is 0 Å². The highest BCUT2D eigenvalue weighted by Crippen LogP contribution is 2.20. The Labute approximate surface area is 125 Å². The van der Waals surface area contributed by atoms with Gasteiger partial charge in [-0.1, -0.05) is 11.6 Å². The number of nitrogens with two attached hydrogens (primary N) is 1. The molecule has 4 N–H and O–H groups in total. The van der Waals surface area contributed by atoms with Crippen molar-refractivity contribution in [2.75, 3.05) is 11.1 Å². The van der Waals surface area contributed by atoms with E-state index in [0.29, 0.717) is 17.1 Å². The quantitative estimate of drug-likeness (QED) is 0.803. The number of benzene rings is 1. The second-order valence-corrected chi connectivity index (χ2v) is 4.71. The number of aromatic carboxylic acids is 1. The number of carboxylic acids is 1. The number of nitrogen functional groups attached to an aromatic ring is 1. The summed E-state index contributed by atoms with van der Waals surface area (Å²) in [6.45, 7) is 0. The summed E-state index contributed by atoms with van der Waals surface area (Å²) >= 11 is 5.76. The molecule has 0 atom stereocenters. The van der Waals surface area contributed by atoms with Gasteiger partial charge in [-0.2, -0.15) is 0 Å². The molecule has 0 aliphatic rings. The van der Waals surface area contributed by atoms with Crippen molar-refractivity contribution in [2.24, 2.45) is 0 Å². The number of rotatable bonds is 4. The molecule has 0 bridgehead atoms. The Morgan fingerprint density at radius 3 is 2.67 bits per heavy atom. The van der Waals surface area contributed by atoms with E-state index in [1.54, 1.807) is 12.1 Å². The zero-order valence-electron chi connectivity index (χ0n) is 10.8. The summed E-state index contributed by atoms with van der Waals surface area (Å²) in [4.78, 5) is 26.9. The number of hydrogen-bond acceptors (Lipinski definition) is 4. The van der Waals surface area contributed by atoms with E-state index in [4.69, 9.17) is 22.4 Å². The summed E-state index contributed by atoms with van der Waals surface area (Å²) < 4.78 is 0. The van der Waals surface area contributed by atoms with Crippen molar-refractivity contribution >= 4 is 34.9 Å². The van der Waals surface area contributed by atoms with Crippen LogP contribution in [0.4, 0.5) is 11.4 Å². The number of hydrogen-bond donors (Lipinski definition) is 3. The van der Waals surface area contributed by atoms with Gasteiger partial charge in [0.25, 0.3) is 0 Å². The van der Waals surface area contributed by atoms with Crippen LogP contribution in [-0.4, -0.2) is 22.0 Å². The molecule has 0 aliphatic carbocycles. The lowest BCUT2D eigenvalue weighted by Gasteiger charge is -2.07. The number of amides is 1. The highest BCUT2D eigenvalue weighted by molar-refractivity contribution is 6.33. The van der Waals surface area contributed by atoms with Crippen molar-refractivity contribution in [2.45, 2.75) is 6.42 Å². The van der Waals surface area contributed by atoms with E-state index in [1.807, 2.05) is 0 Å². The van der Waals surface area contributed by atoms with Gasteiger partial charge in [0.15, 0.2) is 0 Å². The molecule has 1 heterocycles. The Bertz CT molecular complexity index is 686. The van der Waals surface area contributed by atoms with Crippen molar-refractivity contribution in [3.05, 3.63) is 52.8 Å². The zero-order chi connectivity index (χ0) is 15.4. The first-order chi connectivity index (χ1) is 9.95. The molecule has 0 spiro atoms. The predicted octanol–water partition coefficient (Wildman–Crippen LogP) is 2.20. The lowest BCUT2D eigenvalue weighted by atomic mass is 10.2. The van der Waals surface area contributed by atoms with E-state index in [1.165, 1.54) is 24.4 Å². The molecule has 0 unspecified atom stereocenters. The maximum Gasteiger partial charge on any atom is 0.337 e. The Kier molecular flexibility index (Phi) is 4.39. The first-order valence-electron chi connectivity index (χ1n) is 5.99. The van der Waals surface area contributed by atoms with Gasteiger partial charge in [-0.3, -0.25) is 9.78 Å². The third-order valence-electron chi connectivity index (χ3n) is 2.67. The van der Waals surface area contributed by atoms with Gasteiger partial charge in [-0.05, 0) is 30.3 Å². The third kappa shape index (κ3) is 3.93. The van der Waals surface area contributed by atoms with Crippen LogP contribution in [0.2, 0.25) is 5.02 Å². The minimum Gasteiger partial charge on any atom is -0.478 e. The third-order valence-corrected chi connectivity index (χ3v) is 3.00. The number of carbonyl (C=O) groups excluding carboxylic acids is 1. The molecule has 0 saturated heterocycles. The van der Waals surface area contributed by atoms with Crippen molar-refractivity contribution in [3.8, 4) is 0 Å². The summed E-state index contributed by atoms with van der Waals surface area (Å²) in [5.74, 6) is -1.47. The molecular formula is C14H12ClN3O3. The standard InChI is InChI=1S/C14H12ClN3O3/c15-12-4-3-10(5-11(12)14(20)21)18-13(19)6-9-2-1-8(16)7-17-9/h1-5,7H,6,16H2,(H,18,19)(H,20,21). The number of carboxylic acid groups (broad SMARTS) is 1. The summed E-state index contributed by atoms with van der Waals surface area (Å²) in [6, 6.07) is 7.56. The van der Waals surface area contributed by atoms with Crippen LogP contribution in [-0.2, 0) is 11.2 Å². The minimum absolute atomic E-state index is 0.0608. The molecule has 1 aromatic heterocycles. The fourth-order valence-electron chi connectivity index (χ4n) is 1.68. The van der Waals surface area contributed by atoms with E-state index in [0.717, 1.165) is 0 Å². The lowest BCUT2D eigenvalue weighted by Crippen LogP contribution is -2.15. The summed E-state index contributed by atoms with van der Waals surface area (Å²) in [5.41, 5.74) is 6.88. The topological polar surface area (TPSA) is 105 Å². The first kappa shape index (κ1) is 14.8. The second-order valence-electron chi connectivity index (χ2n) is 4.31. The Morgan fingerprint density at radius 1 is 1.29 bits per heavy atom. The molecular weight excluding hydrogens is 294 g/mol. The molecule has 1 aromatic carbocycles. The van der Waals surface area contributed by atoms with Gasteiger partial charge < -0.3 is 16.2 Å². The molecule has 7 heteroatoms. The molecule has 0 aliphatic heterocycles. The van der Waals surface area contributed by atoms with Crippen LogP contribution in [0.1, 0.15) is 16.1 Å². The number of nitrogens with one attached hydrogen (secondary N) is 1. The first-order valence-corrected chi connectivity index (χ1v) is 6.36. The van der Waals surface area contributed by atoms with Crippen LogP contribution in [0, 0.1) is 0 Å². The van der Waals surface area contributed by atoms with Crippen LogP contribution >= 0.6 is 11.6 Å². The molecule has 1 amide bonds. The van der Waals surface area contributed by atoms with Crippen LogP contribution in [0.25, 0.3) is 0 Å². The molecule has 108 valence electrons. The number of nitrogens with zero attached hydrogens (tertiary/aromatic N) is 1. The smallest absolute Gasteiger partial charge is 0.337 e. The van der Waals surface area contributed by atoms with Crippen molar-refractivity contribution < 1.29 is 14.7 Å². The minimum atomic E-state index is -1.16. The highest BCUT2D eigenvalue weighted by Gasteiger charge is 2.11. The summed E-state index contributed by atoms with van der Waals surface area (Å²) in [6.07, 6.45) is 1.53. The normalized spacial score (nSPS) is 10.1. The average Bonchev–Trinajstić information content (AvgIpc) is 2.43. The molecule has 6 nitrogen and oxygen atoms in total. The van der Waals surface area contributed by atoms with Gasteiger partial charge >= 0.3 is 5.97 Å². The van der Waals surface area contributed by atoms with Gasteiger partial charge in [0.1, 0.15) is 0 Å². The number of halogens is 1. The number of carbonyl (C=O) groups is 2. The van der Waals surface area contributed by atoms with Crippen LogP contribution in [0.3, 0.4) is 0 Å². The molecule has 2 rings (SSSR count). The van der Waals surface area contributed by atoms with Gasteiger partial charge in [0, 0.05) is 11.4 Å². The SMILES string of the molecule is Nc1ccc(CC(=O)Nc2ccc(Cl)c(C(=O)O)c2)nc1. The number of anilines is 2. The van der Waals surface area contributed by atoms with Crippen molar-refractivity contribution in [3.63, 3.8) is 0 Å². The molecule has 21 heavy (non-hydrogen) atoms. The molecule has 0 saturated carbocycles. The van der Waals surface area contributed by atoms with Gasteiger partial charge in [-0.15, -0.1) is 0 Å². The summed E-state index contributed by atoms with van der Waals surface area (Å²) in [7, 11) is 0. The van der Waals surface area contributed by atoms with E-state index in [-0.39, 0.29) is 22.9 Å². The van der Waals surface area contributed by atoms with Crippen molar-refractivity contribution in [1.29, 1.82) is 0 Å². The number of aromatic nitrogens is 1. The van der Waals surface area contributed by atoms with Gasteiger partial charge in [-0.25, -0.2) is 4.79 Å². The molecule has 0 fully saturated rings. The fraction of sp³-hybridized carbons (Fsp3) is 0.0714. The van der Waals surface area contributed by atoms with Crippen LogP contribution in [0.5, 0.6) is 0 Å². The molecule has 0 radical (unpaired) electrons. The Hall–Kier alpha value is -2.60. The summed E-state index contributed by atoms with van der Waals surface area (Å²) in [5, 5.41) is 11.7. The van der Waals surface area contributed by atoms with E-state index in [2.05, 4.69) is 10.3 Å². The van der Waals surface area contributed by atoms with Crippen molar-refractivity contribution in [1.82, 2.24) is 4.98 Å². The Morgan fingerprint density at radius 2 is 2.05 bits per heavy atom. The van der Waals surface area contributed by atoms with E-state index < -0.39 is 5.97 Å². The highest BCUT2D eigenvalue weighted by atomic mass is 35.5.